The van der Waals surface area contributed by atoms with Crippen LogP contribution >= 0.6 is 11.6 Å². The Morgan fingerprint density at radius 3 is 2.31 bits per heavy atom. The van der Waals surface area contributed by atoms with E-state index in [1.807, 2.05) is 50.2 Å². The molecular weight excluding hydrogens is 478 g/mol. The summed E-state index contributed by atoms with van der Waals surface area (Å²) in [6.45, 7) is 4.59. The molecule has 0 spiro atoms. The Labute approximate surface area is 216 Å². The summed E-state index contributed by atoms with van der Waals surface area (Å²) in [5, 5.41) is 15.0. The second-order valence-electron chi connectivity index (χ2n) is 9.06. The lowest BCUT2D eigenvalue weighted by Crippen LogP contribution is -2.51. The van der Waals surface area contributed by atoms with Gasteiger partial charge in [-0.15, -0.1) is 0 Å². The fraction of sp³-hybridized carbons (Fsp3) is 0.286. The van der Waals surface area contributed by atoms with Crippen LogP contribution in [0.25, 0.3) is 0 Å². The number of hydrogen-bond donors (Lipinski definition) is 1. The van der Waals surface area contributed by atoms with E-state index in [0.717, 1.165) is 11.1 Å². The molecule has 0 aliphatic carbocycles. The van der Waals surface area contributed by atoms with Gasteiger partial charge in [0.05, 0.1) is 11.3 Å². The minimum atomic E-state index is -0.819. The van der Waals surface area contributed by atoms with E-state index in [2.05, 4.69) is 5.32 Å². The Hall–Kier alpha value is -3.71. The van der Waals surface area contributed by atoms with Crippen LogP contribution < -0.4 is 5.32 Å². The average Bonchev–Trinajstić information content (AvgIpc) is 2.85. The van der Waals surface area contributed by atoms with Crippen molar-refractivity contribution in [3.8, 4) is 0 Å². The number of carbonyl (C=O) groups is 2. The average molecular weight is 508 g/mol. The number of nitrogens with zero attached hydrogens (tertiary/aromatic N) is 2. The Balaban J connectivity index is 2.00. The van der Waals surface area contributed by atoms with E-state index in [1.165, 1.54) is 11.0 Å². The van der Waals surface area contributed by atoms with Gasteiger partial charge in [-0.3, -0.25) is 19.7 Å². The highest BCUT2D eigenvalue weighted by Crippen LogP contribution is 2.22. The summed E-state index contributed by atoms with van der Waals surface area (Å²) in [5.41, 5.74) is 1.83. The maximum atomic E-state index is 13.7. The number of para-hydroxylation sites is 1. The van der Waals surface area contributed by atoms with Crippen molar-refractivity contribution in [1.82, 2.24) is 10.2 Å². The van der Waals surface area contributed by atoms with Gasteiger partial charge in [0.15, 0.2) is 0 Å². The Bertz CT molecular complexity index is 1200. The predicted molar refractivity (Wildman–Crippen MR) is 141 cm³/mol. The Morgan fingerprint density at radius 1 is 0.972 bits per heavy atom. The molecule has 0 saturated heterocycles. The maximum absolute atomic E-state index is 13.7. The van der Waals surface area contributed by atoms with Crippen molar-refractivity contribution in [1.29, 1.82) is 0 Å². The lowest BCUT2D eigenvalue weighted by atomic mass is 10.0. The molecule has 36 heavy (non-hydrogen) atoms. The number of carbonyl (C=O) groups excluding carboxylic acids is 2. The van der Waals surface area contributed by atoms with Gasteiger partial charge in [0.25, 0.3) is 5.69 Å². The molecule has 1 atom stereocenters. The van der Waals surface area contributed by atoms with Crippen LogP contribution in [0, 0.1) is 16.0 Å². The first-order valence-electron chi connectivity index (χ1n) is 11.8. The van der Waals surface area contributed by atoms with Gasteiger partial charge in [-0.25, -0.2) is 0 Å². The standard InChI is InChI=1S/C28H30ClN3O4/c1-20(2)18-30-28(34)26(16-21-9-4-3-5-10-21)31(19-22-11-8-13-24(29)15-22)27(33)17-23-12-6-7-14-25(23)32(35)36/h3-15,20,26H,16-19H2,1-2H3,(H,30,34)/t26-/m0/s1. The van der Waals surface area contributed by atoms with Crippen LogP contribution in [0.1, 0.15) is 30.5 Å². The molecule has 0 heterocycles. The van der Waals surface area contributed by atoms with Crippen LogP contribution in [-0.2, 0) is 29.0 Å². The van der Waals surface area contributed by atoms with Crippen molar-refractivity contribution in [2.75, 3.05) is 6.54 Å². The quantitative estimate of drug-likeness (QED) is 0.285. The second kappa shape index (κ2) is 12.8. The highest BCUT2D eigenvalue weighted by Gasteiger charge is 2.31. The van der Waals surface area contributed by atoms with Crippen LogP contribution in [0.15, 0.2) is 78.9 Å². The number of nitro groups is 1. The number of rotatable bonds is 11. The molecular formula is C28H30ClN3O4. The minimum absolute atomic E-state index is 0.127. The van der Waals surface area contributed by atoms with Gasteiger partial charge in [-0.2, -0.15) is 0 Å². The summed E-state index contributed by atoms with van der Waals surface area (Å²) in [6, 6.07) is 21.9. The summed E-state index contributed by atoms with van der Waals surface area (Å²) < 4.78 is 0. The van der Waals surface area contributed by atoms with Crippen molar-refractivity contribution in [3.63, 3.8) is 0 Å². The molecule has 2 amide bonds. The van der Waals surface area contributed by atoms with Crippen LogP contribution in [0.2, 0.25) is 5.02 Å². The molecule has 1 N–H and O–H groups in total. The first kappa shape index (κ1) is 26.9. The first-order chi connectivity index (χ1) is 17.2. The highest BCUT2D eigenvalue weighted by molar-refractivity contribution is 6.30. The van der Waals surface area contributed by atoms with Gasteiger partial charge in [-0.1, -0.05) is 86.1 Å². The largest absolute Gasteiger partial charge is 0.354 e. The van der Waals surface area contributed by atoms with Crippen molar-refractivity contribution in [2.24, 2.45) is 5.92 Å². The third-order valence-corrected chi connectivity index (χ3v) is 5.96. The van der Waals surface area contributed by atoms with Crippen LogP contribution in [0.5, 0.6) is 0 Å². The molecule has 0 aliphatic rings. The molecule has 3 aromatic carbocycles. The van der Waals surface area contributed by atoms with Gasteiger partial charge in [0.1, 0.15) is 6.04 Å². The molecule has 0 aliphatic heterocycles. The topological polar surface area (TPSA) is 92.6 Å². The van der Waals surface area contributed by atoms with Gasteiger partial charge in [-0.05, 0) is 29.2 Å². The molecule has 188 valence electrons. The van der Waals surface area contributed by atoms with Crippen LogP contribution in [-0.4, -0.2) is 34.2 Å². The zero-order valence-electron chi connectivity index (χ0n) is 20.4. The summed E-state index contributed by atoms with van der Waals surface area (Å²) in [5.74, 6) is -0.425. The van der Waals surface area contributed by atoms with Crippen molar-refractivity contribution in [3.05, 3.63) is 111 Å². The Kier molecular flexibility index (Phi) is 9.59. The molecule has 0 unspecified atom stereocenters. The van der Waals surface area contributed by atoms with Gasteiger partial charge in [0, 0.05) is 36.2 Å². The number of amides is 2. The van der Waals surface area contributed by atoms with E-state index in [0.29, 0.717) is 23.6 Å². The third-order valence-electron chi connectivity index (χ3n) is 5.73. The summed E-state index contributed by atoms with van der Waals surface area (Å²) in [6.07, 6.45) is 0.0917. The van der Waals surface area contributed by atoms with E-state index in [1.54, 1.807) is 36.4 Å². The van der Waals surface area contributed by atoms with Crippen molar-refractivity contribution >= 4 is 29.1 Å². The number of nitrogens with one attached hydrogen (secondary N) is 1. The van der Waals surface area contributed by atoms with E-state index >= 15 is 0 Å². The van der Waals surface area contributed by atoms with E-state index < -0.39 is 11.0 Å². The van der Waals surface area contributed by atoms with Gasteiger partial charge in [0.2, 0.25) is 11.8 Å². The molecule has 0 radical (unpaired) electrons. The van der Waals surface area contributed by atoms with Crippen LogP contribution in [0.3, 0.4) is 0 Å². The summed E-state index contributed by atoms with van der Waals surface area (Å²) >= 11 is 6.19. The van der Waals surface area contributed by atoms with E-state index in [4.69, 9.17) is 11.6 Å². The maximum Gasteiger partial charge on any atom is 0.273 e. The molecule has 0 aromatic heterocycles. The van der Waals surface area contributed by atoms with Crippen molar-refractivity contribution < 1.29 is 14.5 Å². The zero-order valence-corrected chi connectivity index (χ0v) is 21.1. The SMILES string of the molecule is CC(C)CNC(=O)[C@H](Cc1ccccc1)N(Cc1cccc(Cl)c1)C(=O)Cc1ccccc1[N+](=O)[O-]. The number of nitro benzene ring substituents is 1. The third kappa shape index (κ3) is 7.65. The smallest absolute Gasteiger partial charge is 0.273 e. The molecule has 0 saturated carbocycles. The molecule has 3 rings (SSSR count). The van der Waals surface area contributed by atoms with Gasteiger partial charge < -0.3 is 10.2 Å². The van der Waals surface area contributed by atoms with E-state index in [9.17, 15) is 19.7 Å². The number of hydrogen-bond acceptors (Lipinski definition) is 4. The minimum Gasteiger partial charge on any atom is -0.354 e. The predicted octanol–water partition coefficient (Wildman–Crippen LogP) is 5.20. The summed E-state index contributed by atoms with van der Waals surface area (Å²) in [4.78, 5) is 39.7. The highest BCUT2D eigenvalue weighted by atomic mass is 35.5. The fourth-order valence-corrected chi connectivity index (χ4v) is 4.12. The Morgan fingerprint density at radius 2 is 1.64 bits per heavy atom. The fourth-order valence-electron chi connectivity index (χ4n) is 3.91. The lowest BCUT2D eigenvalue weighted by Gasteiger charge is -2.32. The number of halogens is 1. The number of benzene rings is 3. The summed E-state index contributed by atoms with van der Waals surface area (Å²) in [7, 11) is 0. The molecule has 0 bridgehead atoms. The van der Waals surface area contributed by atoms with Gasteiger partial charge >= 0.3 is 0 Å². The monoisotopic (exact) mass is 507 g/mol. The first-order valence-corrected chi connectivity index (χ1v) is 12.2. The molecule has 0 fully saturated rings. The zero-order chi connectivity index (χ0) is 26.1. The van der Waals surface area contributed by atoms with E-state index in [-0.39, 0.29) is 36.4 Å². The second-order valence-corrected chi connectivity index (χ2v) is 9.50. The van der Waals surface area contributed by atoms with Crippen LogP contribution in [0.4, 0.5) is 5.69 Å². The normalized spacial score (nSPS) is 11.7. The van der Waals surface area contributed by atoms with Crippen molar-refractivity contribution in [2.45, 2.75) is 39.3 Å². The molecule has 3 aromatic rings. The lowest BCUT2D eigenvalue weighted by molar-refractivity contribution is -0.385. The molecule has 8 heteroatoms. The molecule has 7 nitrogen and oxygen atoms in total.